The Bertz CT molecular complexity index is 141. The second kappa shape index (κ2) is 25.5. The summed E-state index contributed by atoms with van der Waals surface area (Å²) in [5.74, 6) is 1.02. The summed E-state index contributed by atoms with van der Waals surface area (Å²) in [7, 11) is 0. The van der Waals surface area contributed by atoms with E-state index in [9.17, 15) is 0 Å². The van der Waals surface area contributed by atoms with Crippen LogP contribution in [0.5, 0.6) is 0 Å². The fraction of sp³-hybridized carbons (Fsp3) is 1.00. The first-order chi connectivity index (χ1) is 9.76. The third-order valence-electron chi connectivity index (χ3n) is 3.29. The average molecular weight is 332 g/mol. The molecule has 0 amide bonds. The van der Waals surface area contributed by atoms with Crippen LogP contribution in [-0.4, -0.2) is 39.3 Å². The number of rotatable bonds is 8. The van der Waals surface area contributed by atoms with E-state index < -0.39 is 0 Å². The van der Waals surface area contributed by atoms with E-state index in [1.165, 1.54) is 32.1 Å². The van der Waals surface area contributed by atoms with Crippen LogP contribution in [0.25, 0.3) is 16.0 Å². The second-order valence-corrected chi connectivity index (χ2v) is 4.91. The van der Waals surface area contributed by atoms with Crippen LogP contribution in [0.4, 0.5) is 0 Å². The van der Waals surface area contributed by atoms with E-state index in [1.54, 1.807) is 0 Å². The van der Waals surface area contributed by atoms with Gasteiger partial charge in [-0.2, -0.15) is 32.7 Å². The van der Waals surface area contributed by atoms with Gasteiger partial charge in [-0.15, -0.1) is 6.54 Å². The monoisotopic (exact) mass is 332 g/mol. The maximum atomic E-state index is 4.34. The van der Waals surface area contributed by atoms with E-state index in [-0.39, 0.29) is 21.7 Å². The molecule has 0 heterocycles. The molecule has 21 heavy (non-hydrogen) atoms. The van der Waals surface area contributed by atoms with Gasteiger partial charge in [-0.05, 0) is 5.92 Å². The molecule has 1 saturated carbocycles. The van der Waals surface area contributed by atoms with Gasteiger partial charge >= 0.3 is 21.7 Å². The zero-order chi connectivity index (χ0) is 15.5. The number of hydrogen-bond donors (Lipinski definition) is 0. The Morgan fingerprint density at radius 1 is 0.667 bits per heavy atom. The van der Waals surface area contributed by atoms with Crippen molar-refractivity contribution in [3.05, 3.63) is 16.0 Å². The molecule has 4 heteroatoms. The summed E-state index contributed by atoms with van der Waals surface area (Å²) in [6.45, 7) is 16.3. The van der Waals surface area contributed by atoms with Gasteiger partial charge in [-0.3, -0.25) is 0 Å². The van der Waals surface area contributed by atoms with E-state index in [0.29, 0.717) is 0 Å². The van der Waals surface area contributed by atoms with E-state index in [2.05, 4.69) is 22.9 Å². The Hall–Kier alpha value is 0.594. The largest absolute Gasteiger partial charge is 4.00 e. The molecule has 1 aliphatic carbocycles. The molecule has 1 fully saturated rings. The molecule has 124 valence electrons. The van der Waals surface area contributed by atoms with Gasteiger partial charge in [0.1, 0.15) is 0 Å². The molecule has 0 bridgehead atoms. The van der Waals surface area contributed by atoms with Gasteiger partial charge in [0, 0.05) is 0 Å². The van der Waals surface area contributed by atoms with Crippen molar-refractivity contribution in [2.24, 2.45) is 5.92 Å². The minimum absolute atomic E-state index is 0. The molecule has 0 unspecified atom stereocenters. The molecule has 0 saturated heterocycles. The van der Waals surface area contributed by atoms with Gasteiger partial charge in [-0.25, -0.2) is 0 Å². The molecule has 0 aromatic rings. The molecule has 1 rings (SSSR count). The first kappa shape index (κ1) is 26.5. The van der Waals surface area contributed by atoms with Crippen LogP contribution in [0.3, 0.4) is 0 Å². The van der Waals surface area contributed by atoms with Crippen LogP contribution < -0.4 is 0 Å². The minimum atomic E-state index is 0. The van der Waals surface area contributed by atoms with Crippen LogP contribution >= 0.6 is 0 Å². The van der Waals surface area contributed by atoms with Crippen LogP contribution in [0.2, 0.25) is 0 Å². The third-order valence-corrected chi connectivity index (χ3v) is 3.29. The molecule has 0 aliphatic heterocycles. The topological polar surface area (TPSA) is 42.3 Å². The second-order valence-electron chi connectivity index (χ2n) is 4.91. The van der Waals surface area contributed by atoms with Crippen LogP contribution in [0.15, 0.2) is 0 Å². The van der Waals surface area contributed by atoms with Gasteiger partial charge < -0.3 is 16.0 Å². The van der Waals surface area contributed by atoms with E-state index in [4.69, 9.17) is 0 Å². The quantitative estimate of drug-likeness (QED) is 0.401. The summed E-state index contributed by atoms with van der Waals surface area (Å²) in [4.78, 5) is 0. The molecule has 0 spiro atoms. The van der Waals surface area contributed by atoms with E-state index in [0.717, 1.165) is 45.2 Å². The Morgan fingerprint density at radius 3 is 1.33 bits per heavy atom. The van der Waals surface area contributed by atoms with Crippen LogP contribution in [-0.2, 0) is 21.7 Å². The molecule has 0 aromatic carbocycles. The molecule has 0 aromatic heterocycles. The van der Waals surface area contributed by atoms with E-state index >= 15 is 0 Å². The Balaban J connectivity index is -0.000000254. The molecule has 0 radical (unpaired) electrons. The van der Waals surface area contributed by atoms with Gasteiger partial charge in [0.25, 0.3) is 0 Å². The standard InChI is InChI=1S/C9H18N.2C4H10N.Ti/c1-2-10-8-7-9-5-3-4-6-9;2*1-3-5-4-2;/h9H,2-8H2,1H3;2*3-4H2,1-2H3;/q3*-1;+4. The Morgan fingerprint density at radius 2 is 1.05 bits per heavy atom. The third kappa shape index (κ3) is 25.9. The van der Waals surface area contributed by atoms with Crippen LogP contribution in [0.1, 0.15) is 66.7 Å². The van der Waals surface area contributed by atoms with E-state index in [1.807, 2.05) is 27.7 Å². The summed E-state index contributed by atoms with van der Waals surface area (Å²) >= 11 is 0. The number of hydrogen-bond acceptors (Lipinski definition) is 0. The fourth-order valence-electron chi connectivity index (χ4n) is 2.18. The summed E-state index contributed by atoms with van der Waals surface area (Å²) in [6, 6.07) is 0. The maximum absolute atomic E-state index is 4.34. The smallest absolute Gasteiger partial charge is 0.663 e. The van der Waals surface area contributed by atoms with Crippen molar-refractivity contribution < 1.29 is 21.7 Å². The van der Waals surface area contributed by atoms with Crippen LogP contribution in [0, 0.1) is 5.92 Å². The molecule has 1 aliphatic rings. The zero-order valence-corrected chi connectivity index (χ0v) is 16.8. The molecule has 0 atom stereocenters. The first-order valence-corrected chi connectivity index (χ1v) is 8.66. The predicted octanol–water partition coefficient (Wildman–Crippen LogP) is 5.76. The SMILES string of the molecule is CC[N-]CC.CC[N-]CC.CC[N-]CCC1CCCC1.[Ti+4]. The van der Waals surface area contributed by atoms with Crippen molar-refractivity contribution in [1.82, 2.24) is 0 Å². The summed E-state index contributed by atoms with van der Waals surface area (Å²) < 4.78 is 0. The van der Waals surface area contributed by atoms with Gasteiger partial charge in [0.05, 0.1) is 0 Å². The Kier molecular flexibility index (Phi) is 32.2. The van der Waals surface area contributed by atoms with Crippen molar-refractivity contribution in [3.8, 4) is 0 Å². The van der Waals surface area contributed by atoms with Crippen molar-refractivity contribution in [2.75, 3.05) is 39.3 Å². The zero-order valence-electron chi connectivity index (χ0n) is 15.2. The first-order valence-electron chi connectivity index (χ1n) is 8.66. The summed E-state index contributed by atoms with van der Waals surface area (Å²) in [5, 5.41) is 12.3. The van der Waals surface area contributed by atoms with Crippen molar-refractivity contribution in [3.63, 3.8) is 0 Å². The van der Waals surface area contributed by atoms with Crippen molar-refractivity contribution in [1.29, 1.82) is 0 Å². The normalized spacial score (nSPS) is 13.6. The molecular formula is C17H38N3Ti+. The molecule has 0 N–H and O–H groups in total. The van der Waals surface area contributed by atoms with Gasteiger partial charge in [0.2, 0.25) is 0 Å². The minimum Gasteiger partial charge on any atom is -0.663 e. The van der Waals surface area contributed by atoms with Gasteiger partial charge in [0.15, 0.2) is 0 Å². The maximum Gasteiger partial charge on any atom is 4.00 e. The fourth-order valence-corrected chi connectivity index (χ4v) is 2.18. The summed E-state index contributed by atoms with van der Waals surface area (Å²) in [6.07, 6.45) is 7.24. The van der Waals surface area contributed by atoms with Crippen molar-refractivity contribution >= 4 is 0 Å². The predicted molar refractivity (Wildman–Crippen MR) is 94.2 cm³/mol. The van der Waals surface area contributed by atoms with Gasteiger partial charge in [-0.1, -0.05) is 66.7 Å². The van der Waals surface area contributed by atoms with Crippen molar-refractivity contribution in [2.45, 2.75) is 66.7 Å². The number of nitrogens with zero attached hydrogens (tertiary/aromatic N) is 3. The Labute approximate surface area is 149 Å². The molecule has 3 nitrogen and oxygen atoms in total. The average Bonchev–Trinajstić information content (AvgIpc) is 2.96. The summed E-state index contributed by atoms with van der Waals surface area (Å²) in [5.41, 5.74) is 0. The molecular weight excluding hydrogens is 294 g/mol.